The Labute approximate surface area is 117 Å². The molecule has 1 heterocycles. The molecule has 0 saturated carbocycles. The zero-order valence-electron chi connectivity index (χ0n) is 11.1. The molecule has 1 aromatic carbocycles. The molecule has 0 aliphatic heterocycles. The van der Waals surface area contributed by atoms with E-state index in [0.29, 0.717) is 0 Å². The van der Waals surface area contributed by atoms with Crippen molar-refractivity contribution in [2.45, 2.75) is 0 Å². The van der Waals surface area contributed by atoms with E-state index in [1.165, 1.54) is 17.8 Å². The predicted octanol–water partition coefficient (Wildman–Crippen LogP) is 1.85. The molecule has 0 aliphatic carbocycles. The maximum Gasteiger partial charge on any atom is 0.356 e. The Morgan fingerprint density at radius 2 is 1.95 bits per heavy atom. The van der Waals surface area contributed by atoms with E-state index in [2.05, 4.69) is 9.84 Å². The molecule has 0 spiro atoms. The van der Waals surface area contributed by atoms with E-state index in [1.54, 1.807) is 0 Å². The van der Waals surface area contributed by atoms with Crippen LogP contribution in [0.1, 0.15) is 20.8 Å². The van der Waals surface area contributed by atoms with Gasteiger partial charge in [0.25, 0.3) is 0 Å². The average Bonchev–Trinajstić information content (AvgIpc) is 2.83. The van der Waals surface area contributed by atoms with Gasteiger partial charge in [0.2, 0.25) is 0 Å². The Balaban J connectivity index is 2.62. The third kappa shape index (κ3) is 2.60. The van der Waals surface area contributed by atoms with Crippen LogP contribution in [0.15, 0.2) is 18.2 Å². The number of benzene rings is 1. The van der Waals surface area contributed by atoms with Crippen molar-refractivity contribution in [2.24, 2.45) is 7.05 Å². The Bertz CT molecular complexity index is 740. The molecule has 0 radical (unpaired) electrons. The number of carboxylic acid groups (broad SMARTS) is 1. The summed E-state index contributed by atoms with van der Waals surface area (Å²) in [6.45, 7) is 0. The predicted molar refractivity (Wildman–Crippen MR) is 66.9 cm³/mol. The number of aromatic carboxylic acids is 1. The number of ether oxygens (including phenoxy) is 1. The number of nitrogens with zero attached hydrogens (tertiary/aromatic N) is 2. The smallest absolute Gasteiger partial charge is 0.356 e. The molecule has 0 atom stereocenters. The first-order valence-corrected chi connectivity index (χ1v) is 5.70. The molecule has 6 nitrogen and oxygen atoms in total. The largest absolute Gasteiger partial charge is 0.476 e. The lowest BCUT2D eigenvalue weighted by molar-refractivity contribution is 0.0593. The molecule has 21 heavy (non-hydrogen) atoms. The number of carbonyl (C=O) groups excluding carboxylic acids is 1. The maximum absolute atomic E-state index is 13.6. The lowest BCUT2D eigenvalue weighted by Crippen LogP contribution is -2.07. The number of hydrogen-bond acceptors (Lipinski definition) is 4. The normalized spacial score (nSPS) is 10.5. The van der Waals surface area contributed by atoms with Gasteiger partial charge in [-0.3, -0.25) is 4.68 Å². The van der Waals surface area contributed by atoms with Crippen molar-refractivity contribution in [3.63, 3.8) is 0 Å². The van der Waals surface area contributed by atoms with Gasteiger partial charge in [-0.15, -0.1) is 0 Å². The van der Waals surface area contributed by atoms with Gasteiger partial charge in [0.15, 0.2) is 17.3 Å². The summed E-state index contributed by atoms with van der Waals surface area (Å²) in [5.74, 6) is -4.86. The van der Waals surface area contributed by atoms with Crippen LogP contribution >= 0.6 is 0 Å². The van der Waals surface area contributed by atoms with Crippen molar-refractivity contribution < 1.29 is 28.2 Å². The number of rotatable bonds is 3. The van der Waals surface area contributed by atoms with E-state index in [0.717, 1.165) is 19.2 Å². The number of aromatic nitrogens is 2. The molecular formula is C13H10F2N2O4. The standard InChI is InChI=1S/C13H10F2N2O4/c1-17-10(5-9(16-17)12(18)19)6-3-7(13(20)21-2)11(15)8(14)4-6/h3-5H,1-2H3,(H,18,19). The van der Waals surface area contributed by atoms with Gasteiger partial charge in [0, 0.05) is 12.6 Å². The van der Waals surface area contributed by atoms with Crippen molar-refractivity contribution in [1.82, 2.24) is 9.78 Å². The van der Waals surface area contributed by atoms with Crippen LogP contribution in [-0.4, -0.2) is 33.9 Å². The summed E-state index contributed by atoms with van der Waals surface area (Å²) in [6, 6.07) is 3.12. The number of halogens is 2. The van der Waals surface area contributed by atoms with Gasteiger partial charge < -0.3 is 9.84 Å². The van der Waals surface area contributed by atoms with Gasteiger partial charge in [-0.05, 0) is 18.2 Å². The zero-order chi connectivity index (χ0) is 15.7. The molecule has 0 bridgehead atoms. The van der Waals surface area contributed by atoms with Crippen molar-refractivity contribution in [1.29, 1.82) is 0 Å². The second kappa shape index (κ2) is 5.31. The summed E-state index contributed by atoms with van der Waals surface area (Å²) in [5, 5.41) is 12.6. The first-order chi connectivity index (χ1) is 9.85. The Kier molecular flexibility index (Phi) is 3.70. The molecule has 0 unspecified atom stereocenters. The molecule has 2 rings (SSSR count). The van der Waals surface area contributed by atoms with Crippen LogP contribution in [-0.2, 0) is 11.8 Å². The van der Waals surface area contributed by atoms with Crippen molar-refractivity contribution in [3.8, 4) is 11.3 Å². The molecule has 1 aromatic heterocycles. The lowest BCUT2D eigenvalue weighted by Gasteiger charge is -2.07. The third-order valence-corrected chi connectivity index (χ3v) is 2.83. The Morgan fingerprint density at radius 1 is 1.29 bits per heavy atom. The highest BCUT2D eigenvalue weighted by Gasteiger charge is 2.20. The highest BCUT2D eigenvalue weighted by atomic mass is 19.2. The van der Waals surface area contributed by atoms with E-state index < -0.39 is 29.1 Å². The second-order valence-electron chi connectivity index (χ2n) is 4.15. The van der Waals surface area contributed by atoms with E-state index >= 15 is 0 Å². The van der Waals surface area contributed by atoms with Crippen molar-refractivity contribution in [3.05, 3.63) is 41.1 Å². The van der Waals surface area contributed by atoms with Crippen LogP contribution < -0.4 is 0 Å². The number of esters is 1. The molecule has 0 aliphatic rings. The SMILES string of the molecule is COC(=O)c1cc(-c2cc(C(=O)O)nn2C)cc(F)c1F. The number of methoxy groups -OCH3 is 1. The highest BCUT2D eigenvalue weighted by Crippen LogP contribution is 2.25. The molecule has 1 N–H and O–H groups in total. The fraction of sp³-hybridized carbons (Fsp3) is 0.154. The summed E-state index contributed by atoms with van der Waals surface area (Å²) >= 11 is 0. The fourth-order valence-corrected chi connectivity index (χ4v) is 1.84. The molecule has 0 saturated heterocycles. The van der Waals surface area contributed by atoms with Gasteiger partial charge in [-0.25, -0.2) is 18.4 Å². The van der Waals surface area contributed by atoms with Crippen LogP contribution in [0.4, 0.5) is 8.78 Å². The molecule has 8 heteroatoms. The number of aryl methyl sites for hydroxylation is 1. The molecule has 0 fully saturated rings. The molecule has 110 valence electrons. The van der Waals surface area contributed by atoms with Gasteiger partial charge in [0.05, 0.1) is 18.4 Å². The summed E-state index contributed by atoms with van der Waals surface area (Å²) in [4.78, 5) is 22.3. The minimum Gasteiger partial charge on any atom is -0.476 e. The lowest BCUT2D eigenvalue weighted by atomic mass is 10.1. The highest BCUT2D eigenvalue weighted by molar-refractivity contribution is 5.92. The second-order valence-corrected chi connectivity index (χ2v) is 4.15. The summed E-state index contributed by atoms with van der Waals surface area (Å²) in [5.41, 5.74) is -0.504. The van der Waals surface area contributed by atoms with Crippen LogP contribution in [0.25, 0.3) is 11.3 Å². The Hall–Kier alpha value is -2.77. The number of carboxylic acids is 1. The van der Waals surface area contributed by atoms with Crippen LogP contribution in [0.5, 0.6) is 0 Å². The summed E-state index contributed by atoms with van der Waals surface area (Å²) in [6.07, 6.45) is 0. The first-order valence-electron chi connectivity index (χ1n) is 5.70. The summed E-state index contributed by atoms with van der Waals surface area (Å²) in [7, 11) is 2.49. The van der Waals surface area contributed by atoms with Gasteiger partial charge in [-0.2, -0.15) is 5.10 Å². The average molecular weight is 296 g/mol. The fourth-order valence-electron chi connectivity index (χ4n) is 1.84. The van der Waals surface area contributed by atoms with Crippen molar-refractivity contribution in [2.75, 3.05) is 7.11 Å². The van der Waals surface area contributed by atoms with E-state index in [9.17, 15) is 18.4 Å². The van der Waals surface area contributed by atoms with Gasteiger partial charge in [-0.1, -0.05) is 0 Å². The van der Waals surface area contributed by atoms with Crippen LogP contribution in [0.3, 0.4) is 0 Å². The monoisotopic (exact) mass is 296 g/mol. The summed E-state index contributed by atoms with van der Waals surface area (Å²) < 4.78 is 32.7. The quantitative estimate of drug-likeness (QED) is 0.874. The number of carbonyl (C=O) groups is 2. The van der Waals surface area contributed by atoms with Crippen molar-refractivity contribution >= 4 is 11.9 Å². The molecule has 0 amide bonds. The minimum atomic E-state index is -1.33. The number of hydrogen-bond donors (Lipinski definition) is 1. The topological polar surface area (TPSA) is 81.4 Å². The van der Waals surface area contributed by atoms with E-state index in [4.69, 9.17) is 5.11 Å². The van der Waals surface area contributed by atoms with Gasteiger partial charge in [0.1, 0.15) is 0 Å². The molecular weight excluding hydrogens is 286 g/mol. The zero-order valence-corrected chi connectivity index (χ0v) is 11.1. The van der Waals surface area contributed by atoms with Crippen LogP contribution in [0, 0.1) is 11.6 Å². The Morgan fingerprint density at radius 3 is 2.48 bits per heavy atom. The molecule has 2 aromatic rings. The minimum absolute atomic E-state index is 0.108. The maximum atomic E-state index is 13.6. The van der Waals surface area contributed by atoms with Gasteiger partial charge >= 0.3 is 11.9 Å². The third-order valence-electron chi connectivity index (χ3n) is 2.83. The van der Waals surface area contributed by atoms with E-state index in [1.807, 2.05) is 0 Å². The van der Waals surface area contributed by atoms with E-state index in [-0.39, 0.29) is 17.0 Å². The van der Waals surface area contributed by atoms with Crippen LogP contribution in [0.2, 0.25) is 0 Å². The first kappa shape index (κ1) is 14.6.